The van der Waals surface area contributed by atoms with Crippen LogP contribution in [0.3, 0.4) is 0 Å². The van der Waals surface area contributed by atoms with E-state index in [0.29, 0.717) is 6.54 Å². The van der Waals surface area contributed by atoms with Crippen LogP contribution in [0.25, 0.3) is 10.6 Å². The van der Waals surface area contributed by atoms with Gasteiger partial charge < -0.3 is 10.0 Å². The van der Waals surface area contributed by atoms with Crippen LogP contribution in [-0.4, -0.2) is 34.0 Å². The number of aliphatic hydroxyl groups is 1. The van der Waals surface area contributed by atoms with Gasteiger partial charge in [-0.2, -0.15) is 11.3 Å². The van der Waals surface area contributed by atoms with E-state index < -0.39 is 6.10 Å². The third kappa shape index (κ3) is 4.14. The van der Waals surface area contributed by atoms with Crippen LogP contribution in [0.2, 0.25) is 0 Å². The molecule has 1 aromatic carbocycles. The maximum absolute atomic E-state index is 13.4. The van der Waals surface area contributed by atoms with Gasteiger partial charge in [-0.05, 0) is 53.5 Å². The third-order valence-corrected chi connectivity index (χ3v) is 10.2. The predicted molar refractivity (Wildman–Crippen MR) is 140 cm³/mol. The quantitative estimate of drug-likeness (QED) is 0.458. The van der Waals surface area contributed by atoms with E-state index in [4.69, 9.17) is 4.98 Å². The molecule has 0 spiro atoms. The highest BCUT2D eigenvalue weighted by Crippen LogP contribution is 2.57. The van der Waals surface area contributed by atoms with Crippen LogP contribution in [-0.2, 0) is 17.8 Å². The molecule has 1 amide bonds. The van der Waals surface area contributed by atoms with Gasteiger partial charge in [-0.15, -0.1) is 11.3 Å². The maximum Gasteiger partial charge on any atom is 0.225 e. The molecule has 1 fully saturated rings. The van der Waals surface area contributed by atoms with E-state index in [1.807, 2.05) is 48.4 Å². The Morgan fingerprint density at radius 2 is 2.06 bits per heavy atom. The molecule has 5 rings (SSSR count). The Morgan fingerprint density at radius 3 is 2.76 bits per heavy atom. The van der Waals surface area contributed by atoms with E-state index in [2.05, 4.69) is 42.8 Å². The number of benzene rings is 1. The molecule has 2 heterocycles. The number of aromatic nitrogens is 1. The number of amides is 1. The second-order valence-corrected chi connectivity index (χ2v) is 12.5. The summed E-state index contributed by atoms with van der Waals surface area (Å²) in [4.78, 5) is 21.6. The zero-order valence-corrected chi connectivity index (χ0v) is 22.0. The molecule has 2 aromatic heterocycles. The van der Waals surface area contributed by atoms with Crippen molar-refractivity contribution in [1.29, 1.82) is 0 Å². The molecule has 1 N–H and O–H groups in total. The van der Waals surface area contributed by atoms with Crippen LogP contribution in [0.1, 0.15) is 55.7 Å². The first-order chi connectivity index (χ1) is 16.3. The van der Waals surface area contributed by atoms with Crippen molar-refractivity contribution in [2.75, 3.05) is 7.05 Å². The molecule has 4 nitrogen and oxygen atoms in total. The van der Waals surface area contributed by atoms with Crippen molar-refractivity contribution in [2.24, 2.45) is 23.2 Å². The van der Waals surface area contributed by atoms with Gasteiger partial charge in [-0.25, -0.2) is 4.98 Å². The summed E-state index contributed by atoms with van der Waals surface area (Å²) < 4.78 is 0. The van der Waals surface area contributed by atoms with Crippen LogP contribution < -0.4 is 0 Å². The van der Waals surface area contributed by atoms with Crippen molar-refractivity contribution < 1.29 is 9.90 Å². The van der Waals surface area contributed by atoms with Gasteiger partial charge in [0.15, 0.2) is 0 Å². The first-order valence-electron chi connectivity index (χ1n) is 12.3. The van der Waals surface area contributed by atoms with Crippen molar-refractivity contribution >= 4 is 28.6 Å². The van der Waals surface area contributed by atoms with Crippen molar-refractivity contribution in [3.63, 3.8) is 0 Å². The molecule has 0 radical (unpaired) electrons. The lowest BCUT2D eigenvalue weighted by Gasteiger charge is -2.53. The van der Waals surface area contributed by atoms with Gasteiger partial charge in [-0.3, -0.25) is 4.79 Å². The topological polar surface area (TPSA) is 53.4 Å². The number of fused-ring (bicyclic) bond motifs is 2. The second kappa shape index (κ2) is 9.21. The number of carbonyl (C=O) groups is 1. The number of nitrogens with zero attached hydrogens (tertiary/aromatic N) is 2. The molecule has 0 aliphatic heterocycles. The van der Waals surface area contributed by atoms with Crippen LogP contribution in [0.15, 0.2) is 47.2 Å². The van der Waals surface area contributed by atoms with E-state index in [-0.39, 0.29) is 35.0 Å². The normalized spacial score (nSPS) is 29.2. The monoisotopic (exact) mass is 494 g/mol. The van der Waals surface area contributed by atoms with Crippen molar-refractivity contribution in [1.82, 2.24) is 9.88 Å². The van der Waals surface area contributed by atoms with E-state index in [0.717, 1.165) is 35.5 Å². The Labute approximate surface area is 210 Å². The van der Waals surface area contributed by atoms with Crippen LogP contribution >= 0.6 is 22.7 Å². The zero-order chi connectivity index (χ0) is 24.0. The van der Waals surface area contributed by atoms with Crippen molar-refractivity contribution in [3.8, 4) is 10.6 Å². The molecule has 34 heavy (non-hydrogen) atoms. The third-order valence-electron chi connectivity index (χ3n) is 8.36. The Kier molecular flexibility index (Phi) is 6.42. The number of carbonyl (C=O) groups excluding carboxylic acids is 1. The van der Waals surface area contributed by atoms with Gasteiger partial charge in [0.25, 0.3) is 0 Å². The molecule has 0 saturated heterocycles. The van der Waals surface area contributed by atoms with Crippen LogP contribution in [0.4, 0.5) is 0 Å². The maximum atomic E-state index is 13.4. The highest BCUT2D eigenvalue weighted by molar-refractivity contribution is 7.15. The van der Waals surface area contributed by atoms with Gasteiger partial charge in [-0.1, -0.05) is 51.1 Å². The Bertz CT molecular complexity index is 1140. The summed E-state index contributed by atoms with van der Waals surface area (Å²) in [5, 5.41) is 17.1. The SMILES string of the molecule is C[C@H](C(=O)N(C)Cc1ccccc1)[C@H]1CC[C@@]2(C)Cc3sc(-c4ccsc4)nc3[C@@H](C)[C@@H]2[C@H]1O. The Morgan fingerprint density at radius 1 is 1.29 bits per heavy atom. The van der Waals surface area contributed by atoms with E-state index in [9.17, 15) is 9.90 Å². The minimum Gasteiger partial charge on any atom is -0.392 e. The number of rotatable bonds is 5. The number of thiazole rings is 1. The standard InChI is InChI=1S/C28H34N2O2S2/c1-17(27(32)30(4)15-19-8-6-5-7-9-19)21-10-12-28(3)14-22-24(18(2)23(28)25(21)31)29-26(34-22)20-11-13-33-16-20/h5-9,11,13,16-18,21,23,25,31H,10,12,14-15H2,1-4H3/t17-,18-,21+,23+,25-,28-/m0/s1. The molecule has 2 aliphatic rings. The molecule has 6 atom stereocenters. The van der Waals surface area contributed by atoms with Gasteiger partial charge in [0.2, 0.25) is 5.91 Å². The molecule has 0 bridgehead atoms. The minimum absolute atomic E-state index is 0.0252. The summed E-state index contributed by atoms with van der Waals surface area (Å²) in [5.41, 5.74) is 3.53. The summed E-state index contributed by atoms with van der Waals surface area (Å²) in [6.45, 7) is 7.18. The fourth-order valence-electron chi connectivity index (χ4n) is 6.52. The first-order valence-corrected chi connectivity index (χ1v) is 14.0. The average Bonchev–Trinajstić information content (AvgIpc) is 3.49. The molecule has 2 aliphatic carbocycles. The van der Waals surface area contributed by atoms with Gasteiger partial charge >= 0.3 is 0 Å². The molecule has 6 heteroatoms. The lowest BCUT2D eigenvalue weighted by Crippen LogP contribution is -2.53. The van der Waals surface area contributed by atoms with Gasteiger partial charge in [0.1, 0.15) is 5.01 Å². The number of aliphatic hydroxyl groups excluding tert-OH is 1. The summed E-state index contributed by atoms with van der Waals surface area (Å²) in [7, 11) is 1.88. The van der Waals surface area contributed by atoms with Gasteiger partial charge in [0, 0.05) is 41.2 Å². The van der Waals surface area contributed by atoms with Gasteiger partial charge in [0.05, 0.1) is 11.8 Å². The highest BCUT2D eigenvalue weighted by Gasteiger charge is 2.54. The summed E-state index contributed by atoms with van der Waals surface area (Å²) in [6.07, 6.45) is 2.39. The van der Waals surface area contributed by atoms with Crippen LogP contribution in [0, 0.1) is 23.2 Å². The minimum atomic E-state index is -0.503. The predicted octanol–water partition coefficient (Wildman–Crippen LogP) is 6.22. The number of thiophene rings is 1. The summed E-state index contributed by atoms with van der Waals surface area (Å²) in [6, 6.07) is 12.2. The average molecular weight is 495 g/mol. The highest BCUT2D eigenvalue weighted by atomic mass is 32.1. The molecule has 3 aromatic rings. The van der Waals surface area contributed by atoms with E-state index in [1.165, 1.54) is 10.4 Å². The molecular weight excluding hydrogens is 460 g/mol. The second-order valence-electron chi connectivity index (χ2n) is 10.6. The Balaban J connectivity index is 1.35. The molecule has 0 unspecified atom stereocenters. The fourth-order valence-corrected chi connectivity index (χ4v) is 8.60. The number of hydrogen-bond donors (Lipinski definition) is 1. The van der Waals surface area contributed by atoms with Crippen LogP contribution in [0.5, 0.6) is 0 Å². The summed E-state index contributed by atoms with van der Waals surface area (Å²) in [5.74, 6) is 0.181. The van der Waals surface area contributed by atoms with Crippen molar-refractivity contribution in [2.45, 2.75) is 58.6 Å². The molecular formula is C28H34N2O2S2. The largest absolute Gasteiger partial charge is 0.392 e. The molecule has 1 saturated carbocycles. The Hall–Kier alpha value is -2.02. The smallest absolute Gasteiger partial charge is 0.225 e. The fraction of sp³-hybridized carbons (Fsp3) is 0.500. The first kappa shape index (κ1) is 23.7. The van der Waals surface area contributed by atoms with Crippen molar-refractivity contribution in [3.05, 3.63) is 63.3 Å². The van der Waals surface area contributed by atoms with E-state index in [1.54, 1.807) is 11.3 Å². The summed E-state index contributed by atoms with van der Waals surface area (Å²) >= 11 is 3.52. The van der Waals surface area contributed by atoms with E-state index >= 15 is 0 Å². The zero-order valence-electron chi connectivity index (χ0n) is 20.4. The molecule has 180 valence electrons. The number of hydrogen-bond acceptors (Lipinski definition) is 5. The lowest BCUT2D eigenvalue weighted by atomic mass is 9.53. The lowest BCUT2D eigenvalue weighted by molar-refractivity contribution is -0.144.